The fraction of sp³-hybridized carbons (Fsp3) is 0.227. The van der Waals surface area contributed by atoms with E-state index in [4.69, 9.17) is 16.7 Å². The Labute approximate surface area is 196 Å². The third kappa shape index (κ3) is 2.69. The van der Waals surface area contributed by atoms with E-state index in [1.807, 2.05) is 48.5 Å². The highest BCUT2D eigenvalue weighted by Crippen LogP contribution is 2.58. The quantitative estimate of drug-likeness (QED) is 0.316. The second-order valence-electron chi connectivity index (χ2n) is 7.92. The highest BCUT2D eigenvalue weighted by atomic mass is 79.9. The van der Waals surface area contributed by atoms with Crippen molar-refractivity contribution in [3.8, 4) is 0 Å². The fourth-order valence-electron chi connectivity index (χ4n) is 4.95. The van der Waals surface area contributed by atoms with Gasteiger partial charge >= 0.3 is 5.69 Å². The highest BCUT2D eigenvalue weighted by Gasteiger charge is 2.64. The van der Waals surface area contributed by atoms with E-state index in [-0.39, 0.29) is 23.0 Å². The summed E-state index contributed by atoms with van der Waals surface area (Å²) in [5.74, 6) is -1.48. The maximum atomic E-state index is 13.8. The van der Waals surface area contributed by atoms with Gasteiger partial charge in [-0.2, -0.15) is 0 Å². The number of hydrogen-bond acceptors (Lipinski definition) is 6. The Bertz CT molecular complexity index is 1290. The van der Waals surface area contributed by atoms with Crippen LogP contribution in [0.25, 0.3) is 0 Å². The van der Waals surface area contributed by atoms with Crippen molar-refractivity contribution in [2.75, 3.05) is 11.9 Å². The Morgan fingerprint density at radius 1 is 1.25 bits per heavy atom. The first kappa shape index (κ1) is 20.8. The van der Waals surface area contributed by atoms with Crippen LogP contribution in [0.4, 0.5) is 11.4 Å². The third-order valence-electron chi connectivity index (χ3n) is 6.29. The molecule has 1 amide bonds. The number of nitrogens with one attached hydrogen (secondary N) is 1. The van der Waals surface area contributed by atoms with Gasteiger partial charge in [0.05, 0.1) is 15.8 Å². The lowest BCUT2D eigenvalue weighted by Gasteiger charge is -2.32. The molecular formula is C22H17BrN4O4S. The minimum Gasteiger partial charge on any atom is -0.361 e. The number of benzene rings is 2. The summed E-state index contributed by atoms with van der Waals surface area (Å²) in [6.45, 7) is 1.52. The first-order chi connectivity index (χ1) is 15.3. The molecule has 3 aromatic rings. The Morgan fingerprint density at radius 2 is 1.94 bits per heavy atom. The predicted molar refractivity (Wildman–Crippen MR) is 125 cm³/mol. The molecule has 5 rings (SSSR count). The van der Waals surface area contributed by atoms with Crippen molar-refractivity contribution in [3.63, 3.8) is 0 Å². The van der Waals surface area contributed by atoms with Crippen LogP contribution in [0.2, 0.25) is 0 Å². The predicted octanol–water partition coefficient (Wildman–Crippen LogP) is 4.32. The van der Waals surface area contributed by atoms with E-state index in [1.165, 1.54) is 6.92 Å². The molecule has 1 aromatic heterocycles. The molecule has 0 radical (unpaired) electrons. The number of aryl methyl sites for hydroxylation is 1. The zero-order valence-electron chi connectivity index (χ0n) is 17.0. The summed E-state index contributed by atoms with van der Waals surface area (Å²) in [7, 11) is 1.72. The number of anilines is 1. The number of nitro groups is 1. The van der Waals surface area contributed by atoms with Gasteiger partial charge in [-0.25, -0.2) is 0 Å². The van der Waals surface area contributed by atoms with Crippen LogP contribution in [0, 0.1) is 17.0 Å². The zero-order valence-corrected chi connectivity index (χ0v) is 19.4. The summed E-state index contributed by atoms with van der Waals surface area (Å²) in [5.41, 5.74) is 1.05. The Balaban J connectivity index is 1.81. The molecule has 3 heterocycles. The lowest BCUT2D eigenvalue weighted by molar-refractivity contribution is -0.386. The molecule has 2 aromatic carbocycles. The molecule has 0 bridgehead atoms. The first-order valence-electron chi connectivity index (χ1n) is 9.83. The topological polar surface area (TPSA) is 102 Å². The largest absolute Gasteiger partial charge is 0.361 e. The number of hydrogen-bond donors (Lipinski definition) is 1. The van der Waals surface area contributed by atoms with E-state index in [2.05, 4.69) is 26.4 Å². The van der Waals surface area contributed by atoms with Gasteiger partial charge in [-0.15, -0.1) is 0 Å². The van der Waals surface area contributed by atoms with Gasteiger partial charge in [0.1, 0.15) is 0 Å². The van der Waals surface area contributed by atoms with E-state index >= 15 is 0 Å². The van der Waals surface area contributed by atoms with Crippen LogP contribution >= 0.6 is 28.1 Å². The van der Waals surface area contributed by atoms with Gasteiger partial charge in [-0.05, 0) is 30.7 Å². The summed E-state index contributed by atoms with van der Waals surface area (Å²) in [6, 6.07) is 15.0. The molecule has 1 N–H and O–H groups in total. The number of carbonyl (C=O) groups excluding carboxylic acids is 1. The van der Waals surface area contributed by atoms with Crippen molar-refractivity contribution in [1.29, 1.82) is 0 Å². The minimum atomic E-state index is -1.23. The molecule has 0 aliphatic carbocycles. The zero-order chi connectivity index (χ0) is 22.8. The van der Waals surface area contributed by atoms with Crippen LogP contribution in [-0.4, -0.2) is 28.0 Å². The van der Waals surface area contributed by atoms with E-state index in [1.54, 1.807) is 11.9 Å². The molecule has 162 valence electrons. The molecule has 1 fully saturated rings. The van der Waals surface area contributed by atoms with Crippen molar-refractivity contribution in [2.24, 2.45) is 0 Å². The molecule has 1 saturated heterocycles. The van der Waals surface area contributed by atoms with Gasteiger partial charge in [0, 0.05) is 28.7 Å². The molecule has 0 unspecified atom stereocenters. The lowest BCUT2D eigenvalue weighted by Crippen LogP contribution is -2.50. The van der Waals surface area contributed by atoms with Crippen molar-refractivity contribution in [1.82, 2.24) is 10.5 Å². The SMILES string of the molecule is Cc1noc([C@H]2C(=S)N[C@]3(C(=O)N(C)c4ccccc43)[C@@H]2c2ccc(Br)cc2)c1[N+](=O)[O-]. The standard InChI is InChI=1S/C22H17BrN4O4S/c1-11-18(27(29)30)19(31-25-11)16-17(12-7-9-13(23)10-8-12)22(24-20(16)32)14-5-3-4-6-15(14)26(2)21(22)28/h3-10,16-17H,1-2H3,(H,24,32)/t16-,17+,22-/m0/s1. The maximum Gasteiger partial charge on any atom is 0.335 e. The maximum absolute atomic E-state index is 13.8. The summed E-state index contributed by atoms with van der Waals surface area (Å²) < 4.78 is 6.36. The van der Waals surface area contributed by atoms with Gasteiger partial charge in [-0.3, -0.25) is 14.9 Å². The number of fused-ring (bicyclic) bond motifs is 2. The fourth-order valence-corrected chi connectivity index (χ4v) is 5.62. The molecule has 3 atom stereocenters. The lowest BCUT2D eigenvalue weighted by atomic mass is 9.71. The van der Waals surface area contributed by atoms with Crippen LogP contribution in [0.5, 0.6) is 0 Å². The van der Waals surface area contributed by atoms with E-state index in [9.17, 15) is 14.9 Å². The van der Waals surface area contributed by atoms with E-state index in [0.29, 0.717) is 4.99 Å². The van der Waals surface area contributed by atoms with Gasteiger partial charge in [0.2, 0.25) is 5.76 Å². The highest BCUT2D eigenvalue weighted by molar-refractivity contribution is 9.10. The number of rotatable bonds is 3. The molecule has 1 spiro atoms. The third-order valence-corrected chi connectivity index (χ3v) is 7.17. The number of halogens is 1. The number of amides is 1. The van der Waals surface area contributed by atoms with Crippen molar-refractivity contribution < 1.29 is 14.2 Å². The summed E-state index contributed by atoms with van der Waals surface area (Å²) in [4.78, 5) is 27.0. The van der Waals surface area contributed by atoms with Crippen molar-refractivity contribution >= 4 is 50.4 Å². The van der Waals surface area contributed by atoms with Gasteiger partial charge < -0.3 is 14.7 Å². The average Bonchev–Trinajstić information content (AvgIpc) is 3.36. The van der Waals surface area contributed by atoms with Crippen LogP contribution in [0.15, 0.2) is 57.5 Å². The van der Waals surface area contributed by atoms with E-state index < -0.39 is 22.3 Å². The normalized spacial score (nSPS) is 24.2. The summed E-state index contributed by atoms with van der Waals surface area (Å²) in [5, 5.41) is 19.0. The Hall–Kier alpha value is -3.11. The molecule has 8 nitrogen and oxygen atoms in total. The summed E-state index contributed by atoms with van der Waals surface area (Å²) in [6.07, 6.45) is 0. The molecule has 2 aliphatic rings. The second-order valence-corrected chi connectivity index (χ2v) is 9.28. The van der Waals surface area contributed by atoms with Crippen molar-refractivity contribution in [3.05, 3.63) is 85.7 Å². The number of likely N-dealkylation sites (N-methyl/N-ethyl adjacent to an activating group) is 1. The smallest absolute Gasteiger partial charge is 0.335 e. The van der Waals surface area contributed by atoms with Crippen LogP contribution in [0.1, 0.15) is 34.4 Å². The molecule has 32 heavy (non-hydrogen) atoms. The monoisotopic (exact) mass is 512 g/mol. The summed E-state index contributed by atoms with van der Waals surface area (Å²) >= 11 is 9.16. The molecule has 2 aliphatic heterocycles. The number of thiocarbonyl (C=S) groups is 1. The van der Waals surface area contributed by atoms with Crippen molar-refractivity contribution in [2.45, 2.75) is 24.3 Å². The number of aromatic nitrogens is 1. The number of carbonyl (C=O) groups is 1. The van der Waals surface area contributed by atoms with Gasteiger partial charge in [0.25, 0.3) is 5.91 Å². The minimum absolute atomic E-state index is 0.0506. The first-order valence-corrected chi connectivity index (χ1v) is 11.0. The molecule has 10 heteroatoms. The number of para-hydroxylation sites is 1. The van der Waals surface area contributed by atoms with Gasteiger partial charge in [-0.1, -0.05) is 63.6 Å². The molecule has 0 saturated carbocycles. The van der Waals surface area contributed by atoms with Crippen LogP contribution in [0.3, 0.4) is 0 Å². The van der Waals surface area contributed by atoms with Crippen LogP contribution < -0.4 is 10.2 Å². The van der Waals surface area contributed by atoms with Crippen LogP contribution in [-0.2, 0) is 10.3 Å². The van der Waals surface area contributed by atoms with Gasteiger partial charge in [0.15, 0.2) is 11.2 Å². The number of nitrogens with zero attached hydrogens (tertiary/aromatic N) is 3. The Morgan fingerprint density at radius 3 is 2.62 bits per heavy atom. The molecular weight excluding hydrogens is 496 g/mol. The Kier molecular flexibility index (Phi) is 4.68. The van der Waals surface area contributed by atoms with E-state index in [0.717, 1.165) is 21.3 Å². The second kappa shape index (κ2) is 7.21. The average molecular weight is 513 g/mol.